The van der Waals surface area contributed by atoms with Gasteiger partial charge in [-0.25, -0.2) is 4.98 Å². The number of benzene rings is 1. The maximum atomic E-state index is 12.3. The van der Waals surface area contributed by atoms with E-state index in [0.717, 1.165) is 36.0 Å². The first kappa shape index (κ1) is 21.8. The zero-order valence-corrected chi connectivity index (χ0v) is 16.3. The Kier molecular flexibility index (Phi) is 9.27. The highest BCUT2D eigenvalue weighted by Crippen LogP contribution is 2.19. The van der Waals surface area contributed by atoms with Crippen molar-refractivity contribution < 1.29 is 4.79 Å². The Balaban J connectivity index is 0.00000156. The average molecular weight is 404 g/mol. The van der Waals surface area contributed by atoms with Crippen LogP contribution in [0.5, 0.6) is 0 Å². The van der Waals surface area contributed by atoms with Crippen LogP contribution in [0.2, 0.25) is 0 Å². The minimum atomic E-state index is -0.0000114. The van der Waals surface area contributed by atoms with Crippen molar-refractivity contribution in [3.63, 3.8) is 0 Å². The van der Waals surface area contributed by atoms with E-state index >= 15 is 0 Å². The first-order valence-electron chi connectivity index (χ1n) is 7.81. The van der Waals surface area contributed by atoms with Gasteiger partial charge in [-0.3, -0.25) is 9.89 Å². The van der Waals surface area contributed by atoms with Crippen LogP contribution in [-0.4, -0.2) is 40.2 Å². The van der Waals surface area contributed by atoms with Gasteiger partial charge in [-0.05, 0) is 36.6 Å². The first-order valence-corrected chi connectivity index (χ1v) is 8.79. The normalized spacial score (nSPS) is 19.4. The van der Waals surface area contributed by atoms with Crippen LogP contribution >= 0.6 is 36.6 Å². The van der Waals surface area contributed by atoms with Crippen LogP contribution in [0, 0.1) is 5.92 Å². The highest BCUT2D eigenvalue weighted by Gasteiger charge is 2.22. The van der Waals surface area contributed by atoms with Crippen molar-refractivity contribution in [3.05, 3.63) is 41.7 Å². The third-order valence-electron chi connectivity index (χ3n) is 4.13. The van der Waals surface area contributed by atoms with Crippen molar-refractivity contribution in [3.8, 4) is 0 Å². The Morgan fingerprint density at radius 3 is 2.72 bits per heavy atom. The van der Waals surface area contributed by atoms with E-state index in [1.807, 2.05) is 24.3 Å². The second-order valence-electron chi connectivity index (χ2n) is 5.83. The van der Waals surface area contributed by atoms with Crippen LogP contribution < -0.4 is 10.6 Å². The summed E-state index contributed by atoms with van der Waals surface area (Å²) < 4.78 is 0. The lowest BCUT2D eigenvalue weighted by atomic mass is 9.94. The molecule has 6 nitrogen and oxygen atoms in total. The molecular formula is C16H23Cl2N5OS. The van der Waals surface area contributed by atoms with Gasteiger partial charge >= 0.3 is 0 Å². The summed E-state index contributed by atoms with van der Waals surface area (Å²) in [6.45, 7) is 4.07. The van der Waals surface area contributed by atoms with Crippen molar-refractivity contribution in [2.24, 2.45) is 5.92 Å². The molecule has 1 aromatic heterocycles. The van der Waals surface area contributed by atoms with Crippen molar-refractivity contribution >= 4 is 42.5 Å². The Morgan fingerprint density at radius 2 is 2.08 bits per heavy atom. The molecule has 1 aliphatic rings. The van der Waals surface area contributed by atoms with Gasteiger partial charge in [-0.15, -0.1) is 24.8 Å². The van der Waals surface area contributed by atoms with Crippen molar-refractivity contribution in [2.45, 2.75) is 30.3 Å². The fourth-order valence-corrected chi connectivity index (χ4v) is 3.34. The number of halogens is 2. The van der Waals surface area contributed by atoms with E-state index < -0.39 is 0 Å². The van der Waals surface area contributed by atoms with Gasteiger partial charge in [0.2, 0.25) is 0 Å². The third-order valence-corrected chi connectivity index (χ3v) is 5.08. The number of thioether (sulfide) groups is 1. The number of carbonyl (C=O) groups is 1. The summed E-state index contributed by atoms with van der Waals surface area (Å²) in [5.74, 6) is 1.30. The number of piperidine rings is 1. The number of hydrogen-bond acceptors (Lipinski definition) is 5. The molecular weight excluding hydrogens is 381 g/mol. The zero-order valence-electron chi connectivity index (χ0n) is 13.9. The molecule has 9 heteroatoms. The molecule has 1 saturated heterocycles. The van der Waals surface area contributed by atoms with E-state index in [-0.39, 0.29) is 36.8 Å². The largest absolute Gasteiger partial charge is 0.348 e. The van der Waals surface area contributed by atoms with Gasteiger partial charge in [0.1, 0.15) is 6.33 Å². The van der Waals surface area contributed by atoms with Gasteiger partial charge in [-0.1, -0.05) is 30.8 Å². The fourth-order valence-electron chi connectivity index (χ4n) is 2.60. The van der Waals surface area contributed by atoms with Gasteiger partial charge in [0.25, 0.3) is 5.91 Å². The molecule has 0 bridgehead atoms. The van der Waals surface area contributed by atoms with Crippen LogP contribution in [0.15, 0.2) is 35.7 Å². The summed E-state index contributed by atoms with van der Waals surface area (Å²) >= 11 is 1.59. The van der Waals surface area contributed by atoms with Crippen molar-refractivity contribution in [1.82, 2.24) is 25.8 Å². The number of H-pyrrole nitrogens is 1. The monoisotopic (exact) mass is 403 g/mol. The second-order valence-corrected chi connectivity index (χ2v) is 6.79. The molecule has 0 radical (unpaired) electrons. The summed E-state index contributed by atoms with van der Waals surface area (Å²) in [4.78, 5) is 16.4. The molecule has 1 aromatic carbocycles. The van der Waals surface area contributed by atoms with Crippen LogP contribution in [0.3, 0.4) is 0 Å². The Morgan fingerprint density at radius 1 is 1.32 bits per heavy atom. The van der Waals surface area contributed by atoms with E-state index in [1.54, 1.807) is 11.8 Å². The van der Waals surface area contributed by atoms with E-state index in [0.29, 0.717) is 11.5 Å². The van der Waals surface area contributed by atoms with E-state index in [4.69, 9.17) is 0 Å². The predicted octanol–water partition coefficient (Wildman–Crippen LogP) is 2.67. The Bertz CT molecular complexity index is 638. The molecule has 3 N–H and O–H groups in total. The van der Waals surface area contributed by atoms with Crippen molar-refractivity contribution in [1.29, 1.82) is 0 Å². The smallest absolute Gasteiger partial charge is 0.251 e. The quantitative estimate of drug-likeness (QED) is 0.668. The number of nitrogens with one attached hydrogen (secondary N) is 3. The molecule has 25 heavy (non-hydrogen) atoms. The molecule has 1 fully saturated rings. The number of carbonyl (C=O) groups excluding carboxylic acids is 1. The standard InChI is InChI=1S/C16H21N5OS.2ClH/c1-11-6-7-17-8-14(11)20-15(22)13-4-2-12(3-5-13)9-23-16-18-10-19-21-16;;/h2-5,10-11,14,17H,6-9H2,1H3,(H,20,22)(H,18,19,21);2*1H. The fraction of sp³-hybridized carbons (Fsp3) is 0.438. The number of rotatable bonds is 5. The number of nitrogens with zero attached hydrogens (tertiary/aromatic N) is 2. The molecule has 1 amide bonds. The summed E-state index contributed by atoms with van der Waals surface area (Å²) in [6.07, 6.45) is 2.60. The summed E-state index contributed by atoms with van der Waals surface area (Å²) in [7, 11) is 0. The lowest BCUT2D eigenvalue weighted by molar-refractivity contribution is 0.0915. The lowest BCUT2D eigenvalue weighted by Crippen LogP contribution is -2.50. The molecule has 0 saturated carbocycles. The zero-order chi connectivity index (χ0) is 16.1. The van der Waals surface area contributed by atoms with Crippen molar-refractivity contribution in [2.75, 3.05) is 13.1 Å². The number of hydrogen-bond donors (Lipinski definition) is 3. The van der Waals surface area contributed by atoms with Gasteiger partial charge in [0.15, 0.2) is 5.16 Å². The number of amides is 1. The molecule has 1 aliphatic heterocycles. The van der Waals surface area contributed by atoms with E-state index in [2.05, 4.69) is 32.7 Å². The highest BCUT2D eigenvalue weighted by atomic mass is 35.5. The third kappa shape index (κ3) is 6.18. The van der Waals surface area contributed by atoms with Gasteiger partial charge in [0.05, 0.1) is 0 Å². The predicted molar refractivity (Wildman–Crippen MR) is 105 cm³/mol. The number of aromatic nitrogens is 3. The van der Waals surface area contributed by atoms with Crippen LogP contribution in [0.1, 0.15) is 29.3 Å². The van der Waals surface area contributed by atoms with Crippen LogP contribution in [0.25, 0.3) is 0 Å². The SMILES string of the molecule is CC1CCNCC1NC(=O)c1ccc(CSc2ncn[nH]2)cc1.Cl.Cl. The average Bonchev–Trinajstić information content (AvgIpc) is 3.09. The summed E-state index contributed by atoms with van der Waals surface area (Å²) in [5.41, 5.74) is 1.85. The maximum absolute atomic E-state index is 12.3. The Labute approximate surface area is 164 Å². The molecule has 3 rings (SSSR count). The van der Waals surface area contributed by atoms with E-state index in [9.17, 15) is 4.79 Å². The van der Waals surface area contributed by atoms with E-state index in [1.165, 1.54) is 6.33 Å². The molecule has 138 valence electrons. The molecule has 2 unspecified atom stereocenters. The van der Waals surface area contributed by atoms with Crippen LogP contribution in [-0.2, 0) is 5.75 Å². The minimum absolute atomic E-state index is 0. The molecule has 2 atom stereocenters. The van der Waals surface area contributed by atoms with Gasteiger partial charge in [-0.2, -0.15) is 5.10 Å². The maximum Gasteiger partial charge on any atom is 0.251 e. The lowest BCUT2D eigenvalue weighted by Gasteiger charge is -2.30. The molecule has 2 aromatic rings. The second kappa shape index (κ2) is 10.7. The molecule has 0 spiro atoms. The summed E-state index contributed by atoms with van der Waals surface area (Å²) in [5, 5.41) is 13.9. The molecule has 2 heterocycles. The topological polar surface area (TPSA) is 82.7 Å². The van der Waals surface area contributed by atoms with Gasteiger partial charge in [0, 0.05) is 23.9 Å². The first-order chi connectivity index (χ1) is 11.2. The summed E-state index contributed by atoms with van der Waals surface area (Å²) in [6, 6.07) is 7.94. The molecule has 0 aliphatic carbocycles. The van der Waals surface area contributed by atoms with Crippen LogP contribution in [0.4, 0.5) is 0 Å². The highest BCUT2D eigenvalue weighted by molar-refractivity contribution is 7.98. The Hall–Kier alpha value is -1.28. The number of aromatic amines is 1. The minimum Gasteiger partial charge on any atom is -0.348 e. The van der Waals surface area contributed by atoms with Gasteiger partial charge < -0.3 is 10.6 Å².